The van der Waals surface area contributed by atoms with Crippen LogP contribution in [0.4, 0.5) is 0 Å². The van der Waals surface area contributed by atoms with E-state index >= 15 is 0 Å². The fourth-order valence-corrected chi connectivity index (χ4v) is 4.10. The maximum absolute atomic E-state index is 9.95. The minimum Gasteiger partial charge on any atom is -0.388 e. The van der Waals surface area contributed by atoms with Gasteiger partial charge in [-0.1, -0.05) is 57.6 Å². The molecule has 0 aromatic carbocycles. The third kappa shape index (κ3) is 4.13. The Morgan fingerprint density at radius 1 is 1.14 bits per heavy atom. The van der Waals surface area contributed by atoms with Crippen molar-refractivity contribution in [2.24, 2.45) is 23.7 Å². The Balaban J connectivity index is 2.06. The molecule has 0 spiro atoms. The van der Waals surface area contributed by atoms with Gasteiger partial charge in [0.2, 0.25) is 0 Å². The average Bonchev–Trinajstić information content (AvgIpc) is 2.49. The smallest absolute Gasteiger partial charge is 0.0784 e. The predicted octanol–water partition coefficient (Wildman–Crippen LogP) is 5.67. The fraction of sp³-hybridized carbons (Fsp3) is 0.714. The number of hydrogen-bond donors (Lipinski definition) is 1. The lowest BCUT2D eigenvalue weighted by atomic mass is 9.68. The van der Waals surface area contributed by atoms with E-state index < -0.39 is 0 Å². The molecule has 2 fully saturated rings. The molecule has 1 N–H and O–H groups in total. The molecule has 0 unspecified atom stereocenters. The standard InChI is InChI=1S/C21H34O/c1-14(2)16(4)20-8-6-7-19(17(20)5)12-11-18-10-9-15(3)21(22)13-18/h11-12,14,16-17,20-22H,3,6-10,13H2,1-2,4-5H3/b18-11-,19-12+/t16-,17+,20-,21-/m1/s1. The predicted molar refractivity (Wildman–Crippen MR) is 95.7 cm³/mol. The van der Waals surface area contributed by atoms with Crippen molar-refractivity contribution in [2.45, 2.75) is 72.3 Å². The van der Waals surface area contributed by atoms with Gasteiger partial charge in [-0.3, -0.25) is 0 Å². The lowest BCUT2D eigenvalue weighted by Crippen LogP contribution is -2.28. The van der Waals surface area contributed by atoms with Crippen LogP contribution in [0.2, 0.25) is 0 Å². The van der Waals surface area contributed by atoms with Gasteiger partial charge in [-0.05, 0) is 67.8 Å². The Kier molecular flexibility index (Phi) is 6.09. The summed E-state index contributed by atoms with van der Waals surface area (Å²) < 4.78 is 0. The van der Waals surface area contributed by atoms with Gasteiger partial charge in [-0.2, -0.15) is 0 Å². The number of aliphatic hydroxyl groups is 1. The van der Waals surface area contributed by atoms with Crippen molar-refractivity contribution in [3.8, 4) is 0 Å². The molecule has 0 aromatic heterocycles. The van der Waals surface area contributed by atoms with Crippen LogP contribution in [-0.4, -0.2) is 11.2 Å². The van der Waals surface area contributed by atoms with E-state index in [-0.39, 0.29) is 6.10 Å². The van der Waals surface area contributed by atoms with Gasteiger partial charge in [0, 0.05) is 0 Å². The molecule has 0 saturated heterocycles. The molecular weight excluding hydrogens is 268 g/mol. The van der Waals surface area contributed by atoms with E-state index in [0.29, 0.717) is 5.92 Å². The fourth-order valence-electron chi connectivity index (χ4n) is 4.10. The quantitative estimate of drug-likeness (QED) is 0.666. The first-order valence-electron chi connectivity index (χ1n) is 9.14. The van der Waals surface area contributed by atoms with Crippen molar-refractivity contribution in [3.05, 3.63) is 35.5 Å². The number of allylic oxidation sites excluding steroid dienone is 3. The highest BCUT2D eigenvalue weighted by atomic mass is 16.3. The Hall–Kier alpha value is -0.820. The van der Waals surface area contributed by atoms with Crippen molar-refractivity contribution < 1.29 is 5.11 Å². The minimum absolute atomic E-state index is 0.323. The Morgan fingerprint density at radius 3 is 2.50 bits per heavy atom. The van der Waals surface area contributed by atoms with E-state index in [2.05, 4.69) is 46.4 Å². The summed E-state index contributed by atoms with van der Waals surface area (Å²) in [4.78, 5) is 0. The summed E-state index contributed by atoms with van der Waals surface area (Å²) in [6.07, 6.45) is 11.1. The number of hydrogen-bond acceptors (Lipinski definition) is 1. The first-order chi connectivity index (χ1) is 10.4. The summed E-state index contributed by atoms with van der Waals surface area (Å²) >= 11 is 0. The summed E-state index contributed by atoms with van der Waals surface area (Å²) in [6.45, 7) is 13.5. The molecular formula is C21H34O. The lowest BCUT2D eigenvalue weighted by molar-refractivity contribution is 0.186. The van der Waals surface area contributed by atoms with Crippen LogP contribution in [0.15, 0.2) is 35.5 Å². The largest absolute Gasteiger partial charge is 0.388 e. The normalized spacial score (nSPS) is 35.4. The molecule has 0 aliphatic heterocycles. The lowest BCUT2D eigenvalue weighted by Gasteiger charge is -2.37. The van der Waals surface area contributed by atoms with Gasteiger partial charge in [0.1, 0.15) is 0 Å². The zero-order valence-electron chi connectivity index (χ0n) is 14.9. The van der Waals surface area contributed by atoms with Crippen molar-refractivity contribution >= 4 is 0 Å². The Bertz CT molecular complexity index is 455. The average molecular weight is 303 g/mol. The summed E-state index contributed by atoms with van der Waals surface area (Å²) in [7, 11) is 0. The van der Waals surface area contributed by atoms with Crippen molar-refractivity contribution in [1.29, 1.82) is 0 Å². The summed E-state index contributed by atoms with van der Waals surface area (Å²) in [5.41, 5.74) is 4.01. The molecule has 0 bridgehead atoms. The monoisotopic (exact) mass is 302 g/mol. The molecule has 2 saturated carbocycles. The molecule has 2 aliphatic carbocycles. The number of rotatable bonds is 3. The van der Waals surface area contributed by atoms with Crippen LogP contribution in [0.25, 0.3) is 0 Å². The topological polar surface area (TPSA) is 20.2 Å². The molecule has 4 atom stereocenters. The summed E-state index contributed by atoms with van der Waals surface area (Å²) in [5.74, 6) is 3.09. The minimum atomic E-state index is -0.323. The van der Waals surface area contributed by atoms with Gasteiger partial charge in [-0.25, -0.2) is 0 Å². The van der Waals surface area contributed by atoms with Crippen molar-refractivity contribution in [3.63, 3.8) is 0 Å². The van der Waals surface area contributed by atoms with Crippen LogP contribution in [0.1, 0.15) is 66.2 Å². The maximum atomic E-state index is 9.95. The first-order valence-corrected chi connectivity index (χ1v) is 9.14. The van der Waals surface area contributed by atoms with E-state index in [1.165, 1.54) is 24.8 Å². The molecule has 124 valence electrons. The molecule has 1 heteroatoms. The highest BCUT2D eigenvalue weighted by Crippen LogP contribution is 2.41. The van der Waals surface area contributed by atoms with E-state index in [1.807, 2.05) is 0 Å². The second-order valence-corrected chi connectivity index (χ2v) is 7.89. The summed E-state index contributed by atoms with van der Waals surface area (Å²) in [5, 5.41) is 9.95. The van der Waals surface area contributed by atoms with Crippen LogP contribution < -0.4 is 0 Å². The van der Waals surface area contributed by atoms with Crippen LogP contribution in [0, 0.1) is 23.7 Å². The molecule has 2 rings (SSSR count). The molecule has 1 nitrogen and oxygen atoms in total. The van der Waals surface area contributed by atoms with E-state index in [0.717, 1.165) is 42.6 Å². The Labute approximate surface area is 137 Å². The van der Waals surface area contributed by atoms with Gasteiger partial charge in [0.25, 0.3) is 0 Å². The zero-order valence-corrected chi connectivity index (χ0v) is 14.9. The van der Waals surface area contributed by atoms with Gasteiger partial charge >= 0.3 is 0 Å². The molecule has 2 aliphatic rings. The third-order valence-corrected chi connectivity index (χ3v) is 6.18. The molecule has 0 radical (unpaired) electrons. The van der Waals surface area contributed by atoms with Gasteiger partial charge in [0.15, 0.2) is 0 Å². The zero-order chi connectivity index (χ0) is 16.3. The third-order valence-electron chi connectivity index (χ3n) is 6.18. The van der Waals surface area contributed by atoms with Crippen molar-refractivity contribution in [2.75, 3.05) is 0 Å². The second kappa shape index (κ2) is 7.64. The van der Waals surface area contributed by atoms with E-state index in [4.69, 9.17) is 0 Å². The van der Waals surface area contributed by atoms with Crippen LogP contribution in [0.3, 0.4) is 0 Å². The second-order valence-electron chi connectivity index (χ2n) is 7.89. The molecule has 0 heterocycles. The first kappa shape index (κ1) is 17.5. The van der Waals surface area contributed by atoms with Crippen LogP contribution in [-0.2, 0) is 0 Å². The Morgan fingerprint density at radius 2 is 1.86 bits per heavy atom. The van der Waals surface area contributed by atoms with E-state index in [1.54, 1.807) is 5.57 Å². The summed E-state index contributed by atoms with van der Waals surface area (Å²) in [6, 6.07) is 0. The highest BCUT2D eigenvalue weighted by Gasteiger charge is 2.30. The van der Waals surface area contributed by atoms with Crippen molar-refractivity contribution in [1.82, 2.24) is 0 Å². The van der Waals surface area contributed by atoms with Gasteiger partial charge in [-0.15, -0.1) is 0 Å². The molecule has 0 amide bonds. The van der Waals surface area contributed by atoms with E-state index in [9.17, 15) is 5.11 Å². The van der Waals surface area contributed by atoms with Gasteiger partial charge in [0.05, 0.1) is 6.10 Å². The molecule has 22 heavy (non-hydrogen) atoms. The highest BCUT2D eigenvalue weighted by molar-refractivity contribution is 5.25. The van der Waals surface area contributed by atoms with Gasteiger partial charge < -0.3 is 5.11 Å². The maximum Gasteiger partial charge on any atom is 0.0784 e. The molecule has 0 aromatic rings. The number of aliphatic hydroxyl groups excluding tert-OH is 1. The van der Waals surface area contributed by atoms with Crippen LogP contribution in [0.5, 0.6) is 0 Å². The SMILES string of the molecule is C=C1CC/C(=C/C=C2\CCC[C@H]([C@H](C)C(C)C)[C@H]2C)C[C@H]1O. The van der Waals surface area contributed by atoms with Crippen LogP contribution >= 0.6 is 0 Å².